The quantitative estimate of drug-likeness (QED) is 0.908. The van der Waals surface area contributed by atoms with E-state index in [2.05, 4.69) is 5.32 Å². The molecule has 0 radical (unpaired) electrons. The number of nitrogens with zero attached hydrogens (tertiary/aromatic N) is 2. The first-order valence-electron chi connectivity index (χ1n) is 7.27. The van der Waals surface area contributed by atoms with Gasteiger partial charge in [0.15, 0.2) is 0 Å². The van der Waals surface area contributed by atoms with Gasteiger partial charge in [0.25, 0.3) is 5.91 Å². The minimum Gasteiger partial charge on any atom is -0.347 e. The van der Waals surface area contributed by atoms with Gasteiger partial charge in [-0.2, -0.15) is 5.26 Å². The monoisotopic (exact) mass is 283 g/mol. The van der Waals surface area contributed by atoms with Gasteiger partial charge in [-0.1, -0.05) is 0 Å². The van der Waals surface area contributed by atoms with Crippen LogP contribution >= 0.6 is 0 Å². The topological polar surface area (TPSA) is 73.2 Å². The van der Waals surface area contributed by atoms with Gasteiger partial charge >= 0.3 is 0 Å². The maximum atomic E-state index is 12.1. The van der Waals surface area contributed by atoms with Crippen LogP contribution < -0.4 is 5.32 Å². The Morgan fingerprint density at radius 1 is 1.19 bits per heavy atom. The highest BCUT2D eigenvalue weighted by Gasteiger charge is 2.36. The van der Waals surface area contributed by atoms with Crippen molar-refractivity contribution in [2.75, 3.05) is 13.1 Å². The Bertz CT molecular complexity index is 599. The fourth-order valence-corrected chi connectivity index (χ4v) is 2.63. The molecule has 1 N–H and O–H groups in total. The Morgan fingerprint density at radius 2 is 1.90 bits per heavy atom. The average molecular weight is 283 g/mol. The molecule has 1 aliphatic carbocycles. The molecule has 0 unspecified atom stereocenters. The molecule has 2 amide bonds. The van der Waals surface area contributed by atoms with E-state index in [1.807, 2.05) is 11.0 Å². The fourth-order valence-electron chi connectivity index (χ4n) is 2.63. The average Bonchev–Trinajstić information content (AvgIpc) is 3.26. The van der Waals surface area contributed by atoms with E-state index in [9.17, 15) is 9.59 Å². The smallest absolute Gasteiger partial charge is 0.251 e. The number of amides is 2. The molecule has 1 saturated carbocycles. The Morgan fingerprint density at radius 3 is 2.52 bits per heavy atom. The number of benzene rings is 1. The van der Waals surface area contributed by atoms with Crippen LogP contribution in [0.1, 0.15) is 35.2 Å². The molecule has 1 aliphatic heterocycles. The summed E-state index contributed by atoms with van der Waals surface area (Å²) in [6.07, 6.45) is 2.83. The normalized spacial score (nSPS) is 20.9. The van der Waals surface area contributed by atoms with Gasteiger partial charge in [0, 0.05) is 30.6 Å². The maximum absolute atomic E-state index is 12.1. The van der Waals surface area contributed by atoms with Gasteiger partial charge in [-0.25, -0.2) is 0 Å². The van der Waals surface area contributed by atoms with Crippen molar-refractivity contribution in [2.24, 2.45) is 5.92 Å². The molecule has 2 fully saturated rings. The summed E-state index contributed by atoms with van der Waals surface area (Å²) in [5, 5.41) is 11.7. The number of carbonyl (C=O) groups excluding carboxylic acids is 2. The Labute approximate surface area is 123 Å². The Hall–Kier alpha value is -2.35. The van der Waals surface area contributed by atoms with Crippen LogP contribution in [0, 0.1) is 17.2 Å². The molecule has 2 aliphatic rings. The van der Waals surface area contributed by atoms with Crippen molar-refractivity contribution in [3.63, 3.8) is 0 Å². The predicted octanol–water partition coefficient (Wildman–Crippen LogP) is 1.30. The molecule has 1 saturated heterocycles. The van der Waals surface area contributed by atoms with Crippen LogP contribution in [0.25, 0.3) is 0 Å². The highest BCUT2D eigenvalue weighted by molar-refractivity contribution is 5.94. The van der Waals surface area contributed by atoms with Gasteiger partial charge in [0.1, 0.15) is 0 Å². The number of nitrogens with one attached hydrogen (secondary N) is 1. The first-order chi connectivity index (χ1) is 10.2. The van der Waals surface area contributed by atoms with Crippen LogP contribution in [0.15, 0.2) is 24.3 Å². The number of rotatable bonds is 3. The third kappa shape index (κ3) is 3.05. The molecule has 5 nitrogen and oxygen atoms in total. The zero-order valence-corrected chi connectivity index (χ0v) is 11.7. The van der Waals surface area contributed by atoms with E-state index in [1.165, 1.54) is 0 Å². The molecular weight excluding hydrogens is 266 g/mol. The first-order valence-corrected chi connectivity index (χ1v) is 7.27. The van der Waals surface area contributed by atoms with Crippen molar-refractivity contribution in [3.8, 4) is 6.07 Å². The van der Waals surface area contributed by atoms with Crippen molar-refractivity contribution < 1.29 is 9.59 Å². The van der Waals surface area contributed by atoms with E-state index in [-0.39, 0.29) is 23.8 Å². The van der Waals surface area contributed by atoms with Gasteiger partial charge in [-0.15, -0.1) is 0 Å². The van der Waals surface area contributed by atoms with Crippen LogP contribution in [0.4, 0.5) is 0 Å². The van der Waals surface area contributed by atoms with Crippen LogP contribution in [0.2, 0.25) is 0 Å². The molecule has 1 atom stereocenters. The minimum atomic E-state index is -0.148. The summed E-state index contributed by atoms with van der Waals surface area (Å²) in [4.78, 5) is 26.0. The van der Waals surface area contributed by atoms with Crippen molar-refractivity contribution in [1.29, 1.82) is 5.26 Å². The number of likely N-dealkylation sites (tertiary alicyclic amines) is 1. The van der Waals surface area contributed by atoms with Gasteiger partial charge < -0.3 is 10.2 Å². The van der Waals surface area contributed by atoms with Gasteiger partial charge in [0.2, 0.25) is 5.91 Å². The Balaban J connectivity index is 1.55. The molecule has 1 aromatic rings. The van der Waals surface area contributed by atoms with Crippen molar-refractivity contribution in [1.82, 2.24) is 10.2 Å². The highest BCUT2D eigenvalue weighted by Crippen LogP contribution is 2.32. The van der Waals surface area contributed by atoms with Gasteiger partial charge in [-0.3, -0.25) is 9.59 Å². The van der Waals surface area contributed by atoms with E-state index >= 15 is 0 Å². The highest BCUT2D eigenvalue weighted by atomic mass is 16.2. The third-order valence-electron chi connectivity index (χ3n) is 4.04. The van der Waals surface area contributed by atoms with E-state index in [0.717, 1.165) is 25.8 Å². The maximum Gasteiger partial charge on any atom is 0.251 e. The zero-order chi connectivity index (χ0) is 14.8. The second kappa shape index (κ2) is 5.57. The van der Waals surface area contributed by atoms with Gasteiger partial charge in [0.05, 0.1) is 11.6 Å². The van der Waals surface area contributed by atoms with E-state index < -0.39 is 0 Å². The summed E-state index contributed by atoms with van der Waals surface area (Å²) in [6.45, 7) is 1.34. The largest absolute Gasteiger partial charge is 0.347 e. The lowest BCUT2D eigenvalue weighted by molar-refractivity contribution is -0.131. The van der Waals surface area contributed by atoms with Crippen molar-refractivity contribution >= 4 is 11.8 Å². The summed E-state index contributed by atoms with van der Waals surface area (Å²) < 4.78 is 0. The van der Waals surface area contributed by atoms with E-state index in [1.54, 1.807) is 24.3 Å². The number of carbonyl (C=O) groups is 2. The summed E-state index contributed by atoms with van der Waals surface area (Å²) in [7, 11) is 0. The molecular formula is C16H17N3O2. The molecule has 3 rings (SSSR count). The number of nitriles is 1. The molecule has 0 bridgehead atoms. The summed E-state index contributed by atoms with van der Waals surface area (Å²) in [5.74, 6) is 0.327. The summed E-state index contributed by atoms with van der Waals surface area (Å²) >= 11 is 0. The SMILES string of the molecule is N#Cc1ccc(C(=O)N[C@@H]2CCN(C(=O)C3CC3)C2)cc1. The summed E-state index contributed by atoms with van der Waals surface area (Å²) in [6, 6.07) is 8.61. The minimum absolute atomic E-state index is 0.0239. The lowest BCUT2D eigenvalue weighted by Gasteiger charge is -2.17. The lowest BCUT2D eigenvalue weighted by atomic mass is 10.1. The molecule has 0 spiro atoms. The van der Waals surface area contributed by atoms with E-state index in [0.29, 0.717) is 17.7 Å². The second-order valence-corrected chi connectivity index (χ2v) is 5.71. The Kier molecular flexibility index (Phi) is 3.61. The zero-order valence-electron chi connectivity index (χ0n) is 11.7. The van der Waals surface area contributed by atoms with Crippen molar-refractivity contribution in [3.05, 3.63) is 35.4 Å². The fraction of sp³-hybridized carbons (Fsp3) is 0.438. The molecule has 0 aromatic heterocycles. The standard InChI is InChI=1S/C16H17N3O2/c17-9-11-1-3-12(4-2-11)15(20)18-14-7-8-19(10-14)16(21)13-5-6-13/h1-4,13-14H,5-8,10H2,(H,18,20)/t14-/m1/s1. The third-order valence-corrected chi connectivity index (χ3v) is 4.04. The van der Waals surface area contributed by atoms with Gasteiger partial charge in [-0.05, 0) is 43.5 Å². The molecule has 21 heavy (non-hydrogen) atoms. The molecule has 1 aromatic carbocycles. The molecule has 108 valence electrons. The van der Waals surface area contributed by atoms with Crippen LogP contribution in [0.5, 0.6) is 0 Å². The van der Waals surface area contributed by atoms with E-state index in [4.69, 9.17) is 5.26 Å². The number of hydrogen-bond acceptors (Lipinski definition) is 3. The van der Waals surface area contributed by atoms with Crippen LogP contribution in [-0.2, 0) is 4.79 Å². The second-order valence-electron chi connectivity index (χ2n) is 5.71. The van der Waals surface area contributed by atoms with Crippen molar-refractivity contribution in [2.45, 2.75) is 25.3 Å². The van der Waals surface area contributed by atoms with Crippen LogP contribution in [-0.4, -0.2) is 35.8 Å². The molecule has 5 heteroatoms. The molecule has 1 heterocycles. The van der Waals surface area contributed by atoms with Crippen LogP contribution in [0.3, 0.4) is 0 Å². The number of hydrogen-bond donors (Lipinski definition) is 1. The lowest BCUT2D eigenvalue weighted by Crippen LogP contribution is -2.38. The summed E-state index contributed by atoms with van der Waals surface area (Å²) in [5.41, 5.74) is 1.08. The predicted molar refractivity (Wildman–Crippen MR) is 76.3 cm³/mol. The first kappa shape index (κ1) is 13.6.